The van der Waals surface area contributed by atoms with E-state index >= 15 is 0 Å². The lowest BCUT2D eigenvalue weighted by atomic mass is 10.1. The highest BCUT2D eigenvalue weighted by Crippen LogP contribution is 2.28. The summed E-state index contributed by atoms with van der Waals surface area (Å²) in [7, 11) is 0. The highest BCUT2D eigenvalue weighted by Gasteiger charge is 2.24. The second-order valence-corrected chi connectivity index (χ2v) is 5.56. The van der Waals surface area contributed by atoms with Gasteiger partial charge in [-0.15, -0.1) is 0 Å². The number of H-pyrrole nitrogens is 2. The molecule has 0 radical (unpaired) electrons. The maximum Gasteiger partial charge on any atom is 0.323 e. The number of amides is 1. The van der Waals surface area contributed by atoms with Crippen LogP contribution in [0.4, 0.5) is 5.69 Å². The maximum absolute atomic E-state index is 12.6. The van der Waals surface area contributed by atoms with Gasteiger partial charge in [0.2, 0.25) is 5.91 Å². The van der Waals surface area contributed by atoms with Crippen molar-refractivity contribution in [3.05, 3.63) is 64.1 Å². The third kappa shape index (κ3) is 2.11. The average molecular weight is 293 g/mol. The second-order valence-electron chi connectivity index (χ2n) is 5.56. The number of para-hydroxylation sites is 1. The van der Waals surface area contributed by atoms with Crippen molar-refractivity contribution in [3.8, 4) is 0 Å². The number of anilines is 1. The van der Waals surface area contributed by atoms with E-state index in [0.717, 1.165) is 35.2 Å². The fourth-order valence-electron chi connectivity index (χ4n) is 3.06. The largest absolute Gasteiger partial charge is 0.323 e. The zero-order valence-electron chi connectivity index (χ0n) is 11.9. The van der Waals surface area contributed by atoms with Crippen molar-refractivity contribution in [1.29, 1.82) is 0 Å². The fraction of sp³-hybridized carbons (Fsp3) is 0.176. The standard InChI is InChI=1S/C17H15N3O2/c21-16(20-8-7-12-3-1-2-4-15(12)20)10-11-5-6-13-14(9-11)19-17(22)18-13/h1-6,9H,7-8,10H2,(H2,18,19,22). The lowest BCUT2D eigenvalue weighted by Crippen LogP contribution is -2.30. The molecule has 5 nitrogen and oxygen atoms in total. The van der Waals surface area contributed by atoms with E-state index in [0.29, 0.717) is 6.42 Å². The molecule has 5 heteroatoms. The van der Waals surface area contributed by atoms with E-state index in [1.807, 2.05) is 41.3 Å². The Labute approximate surface area is 126 Å². The van der Waals surface area contributed by atoms with E-state index in [2.05, 4.69) is 16.0 Å². The Hall–Kier alpha value is -2.82. The molecule has 1 amide bonds. The summed E-state index contributed by atoms with van der Waals surface area (Å²) in [6.45, 7) is 0.738. The Bertz CT molecular complexity index is 923. The summed E-state index contributed by atoms with van der Waals surface area (Å²) in [4.78, 5) is 31.1. The Morgan fingerprint density at radius 2 is 1.91 bits per heavy atom. The van der Waals surface area contributed by atoms with Crippen LogP contribution >= 0.6 is 0 Å². The van der Waals surface area contributed by atoms with Gasteiger partial charge >= 0.3 is 5.69 Å². The number of nitrogens with zero attached hydrogens (tertiary/aromatic N) is 1. The summed E-state index contributed by atoms with van der Waals surface area (Å²) >= 11 is 0. The number of carbonyl (C=O) groups is 1. The highest BCUT2D eigenvalue weighted by molar-refractivity contribution is 5.97. The Balaban J connectivity index is 1.60. The molecule has 2 aromatic carbocycles. The van der Waals surface area contributed by atoms with Crippen LogP contribution in [-0.4, -0.2) is 22.4 Å². The lowest BCUT2D eigenvalue weighted by molar-refractivity contribution is -0.117. The number of hydrogen-bond acceptors (Lipinski definition) is 2. The van der Waals surface area contributed by atoms with Crippen LogP contribution < -0.4 is 10.6 Å². The Morgan fingerprint density at radius 1 is 1.09 bits per heavy atom. The molecule has 2 N–H and O–H groups in total. The number of rotatable bonds is 2. The molecule has 0 atom stereocenters. The van der Waals surface area contributed by atoms with Gasteiger partial charge < -0.3 is 14.9 Å². The van der Waals surface area contributed by atoms with Gasteiger partial charge in [-0.25, -0.2) is 4.79 Å². The normalized spacial score (nSPS) is 13.5. The van der Waals surface area contributed by atoms with Crippen molar-refractivity contribution in [1.82, 2.24) is 9.97 Å². The number of fused-ring (bicyclic) bond motifs is 2. The van der Waals surface area contributed by atoms with Crippen LogP contribution in [0.2, 0.25) is 0 Å². The van der Waals surface area contributed by atoms with Crippen LogP contribution in [0, 0.1) is 0 Å². The minimum Gasteiger partial charge on any atom is -0.312 e. The Kier molecular flexibility index (Phi) is 2.85. The van der Waals surface area contributed by atoms with Crippen molar-refractivity contribution in [2.75, 3.05) is 11.4 Å². The van der Waals surface area contributed by atoms with Crippen molar-refractivity contribution >= 4 is 22.6 Å². The fourth-order valence-corrected chi connectivity index (χ4v) is 3.06. The lowest BCUT2D eigenvalue weighted by Gasteiger charge is -2.17. The number of nitrogens with one attached hydrogen (secondary N) is 2. The van der Waals surface area contributed by atoms with Gasteiger partial charge in [0.15, 0.2) is 0 Å². The van der Waals surface area contributed by atoms with E-state index in [4.69, 9.17) is 0 Å². The minimum atomic E-state index is -0.230. The second kappa shape index (κ2) is 4.87. The van der Waals surface area contributed by atoms with Gasteiger partial charge in [-0.05, 0) is 35.7 Å². The van der Waals surface area contributed by atoms with Crippen molar-refractivity contribution in [2.45, 2.75) is 12.8 Å². The van der Waals surface area contributed by atoms with Crippen molar-refractivity contribution in [2.24, 2.45) is 0 Å². The van der Waals surface area contributed by atoms with Crippen LogP contribution in [0.15, 0.2) is 47.3 Å². The molecule has 0 saturated carbocycles. The average Bonchev–Trinajstić information content (AvgIpc) is 3.09. The monoisotopic (exact) mass is 293 g/mol. The SMILES string of the molecule is O=C(Cc1ccc2[nH]c(=O)[nH]c2c1)N1CCc2ccccc21. The van der Waals surface area contributed by atoms with Crippen molar-refractivity contribution in [3.63, 3.8) is 0 Å². The molecule has 3 aromatic rings. The number of hydrogen-bond donors (Lipinski definition) is 2. The smallest absolute Gasteiger partial charge is 0.312 e. The molecule has 0 bridgehead atoms. The first-order valence-electron chi connectivity index (χ1n) is 7.30. The molecule has 110 valence electrons. The molecule has 1 aliphatic rings. The zero-order chi connectivity index (χ0) is 15.1. The predicted molar refractivity (Wildman–Crippen MR) is 85.1 cm³/mol. The summed E-state index contributed by atoms with van der Waals surface area (Å²) < 4.78 is 0. The molecular weight excluding hydrogens is 278 g/mol. The van der Waals surface area contributed by atoms with Gasteiger partial charge in [0.25, 0.3) is 0 Å². The molecule has 1 aromatic heterocycles. The van der Waals surface area contributed by atoms with Gasteiger partial charge in [0.1, 0.15) is 0 Å². The molecule has 1 aliphatic heterocycles. The molecule has 0 fully saturated rings. The highest BCUT2D eigenvalue weighted by atomic mass is 16.2. The van der Waals surface area contributed by atoms with Gasteiger partial charge in [-0.1, -0.05) is 24.3 Å². The summed E-state index contributed by atoms with van der Waals surface area (Å²) in [5.74, 6) is 0.0854. The van der Waals surface area contributed by atoms with Crippen LogP contribution in [0.5, 0.6) is 0 Å². The minimum absolute atomic E-state index is 0.0854. The van der Waals surface area contributed by atoms with E-state index in [9.17, 15) is 9.59 Å². The molecule has 4 rings (SSSR count). The van der Waals surface area contributed by atoms with Crippen LogP contribution in [0.3, 0.4) is 0 Å². The molecule has 0 spiro atoms. The third-order valence-electron chi connectivity index (χ3n) is 4.12. The molecular formula is C17H15N3O2. The summed E-state index contributed by atoms with van der Waals surface area (Å²) in [6.07, 6.45) is 1.24. The first kappa shape index (κ1) is 12.9. The number of benzene rings is 2. The third-order valence-corrected chi connectivity index (χ3v) is 4.12. The van der Waals surface area contributed by atoms with E-state index in [1.54, 1.807) is 0 Å². The Morgan fingerprint density at radius 3 is 2.82 bits per heavy atom. The molecule has 0 unspecified atom stereocenters. The van der Waals surface area contributed by atoms with Crippen LogP contribution in [0.25, 0.3) is 11.0 Å². The molecule has 2 heterocycles. The maximum atomic E-state index is 12.6. The number of carbonyl (C=O) groups excluding carboxylic acids is 1. The first-order valence-corrected chi connectivity index (χ1v) is 7.30. The van der Waals surface area contributed by atoms with E-state index in [-0.39, 0.29) is 11.6 Å². The van der Waals surface area contributed by atoms with Crippen LogP contribution in [0.1, 0.15) is 11.1 Å². The summed E-state index contributed by atoms with van der Waals surface area (Å²) in [6, 6.07) is 13.6. The topological polar surface area (TPSA) is 69.0 Å². The van der Waals surface area contributed by atoms with Crippen molar-refractivity contribution < 1.29 is 4.79 Å². The zero-order valence-corrected chi connectivity index (χ0v) is 11.9. The van der Waals surface area contributed by atoms with Crippen LogP contribution in [-0.2, 0) is 17.6 Å². The first-order chi connectivity index (χ1) is 10.7. The van der Waals surface area contributed by atoms with Gasteiger partial charge in [0, 0.05) is 12.2 Å². The number of imidazole rings is 1. The quantitative estimate of drug-likeness (QED) is 0.758. The number of aromatic nitrogens is 2. The van der Waals surface area contributed by atoms with Gasteiger partial charge in [-0.2, -0.15) is 0 Å². The van der Waals surface area contributed by atoms with E-state index < -0.39 is 0 Å². The molecule has 22 heavy (non-hydrogen) atoms. The van der Waals surface area contributed by atoms with Gasteiger partial charge in [0.05, 0.1) is 17.5 Å². The molecule has 0 saturated heterocycles. The molecule has 0 aliphatic carbocycles. The summed E-state index contributed by atoms with van der Waals surface area (Å²) in [5, 5.41) is 0. The summed E-state index contributed by atoms with van der Waals surface area (Å²) in [5.41, 5.74) is 4.40. The van der Waals surface area contributed by atoms with Gasteiger partial charge in [-0.3, -0.25) is 4.79 Å². The number of aromatic amines is 2. The van der Waals surface area contributed by atoms with E-state index in [1.165, 1.54) is 5.56 Å². The predicted octanol–water partition coefficient (Wildman–Crippen LogP) is 1.99.